The fraction of sp³-hybridized carbons (Fsp3) is 0.400. The molecule has 1 heterocycles. The number of nitrogens with one attached hydrogen (secondary N) is 3. The summed E-state index contributed by atoms with van der Waals surface area (Å²) in [5.41, 5.74) is 3.65. The van der Waals surface area contributed by atoms with Crippen LogP contribution in [0.2, 0.25) is 0 Å². The molecule has 6 heteroatoms. The van der Waals surface area contributed by atoms with Crippen LogP contribution in [0.25, 0.3) is 0 Å². The summed E-state index contributed by atoms with van der Waals surface area (Å²) in [5.74, 6) is 0. The summed E-state index contributed by atoms with van der Waals surface area (Å²) in [6, 6.07) is 3.82. The van der Waals surface area contributed by atoms with E-state index in [1.165, 1.54) is 0 Å². The Morgan fingerprint density at radius 3 is 3.25 bits per heavy atom. The number of rotatable bonds is 6. The molecule has 0 saturated carbocycles. The highest BCUT2D eigenvalue weighted by atomic mass is 32.1. The number of aromatic nitrogens is 1. The van der Waals surface area contributed by atoms with Gasteiger partial charge in [-0.15, -0.1) is 0 Å². The van der Waals surface area contributed by atoms with Crippen molar-refractivity contribution in [3.8, 4) is 0 Å². The molecule has 0 aliphatic carbocycles. The van der Waals surface area contributed by atoms with Gasteiger partial charge in [0.25, 0.3) is 0 Å². The van der Waals surface area contributed by atoms with Crippen LogP contribution in [0.3, 0.4) is 0 Å². The Bertz CT molecular complexity index is 324. The van der Waals surface area contributed by atoms with Crippen LogP contribution in [-0.2, 0) is 4.74 Å². The molecule has 1 aromatic rings. The summed E-state index contributed by atoms with van der Waals surface area (Å²) < 4.78 is 4.92. The predicted molar refractivity (Wildman–Crippen MR) is 68.6 cm³/mol. The summed E-state index contributed by atoms with van der Waals surface area (Å²) >= 11 is 5.01. The Morgan fingerprint density at radius 1 is 1.69 bits per heavy atom. The normalized spacial score (nSPS) is 10.6. The first-order valence-corrected chi connectivity index (χ1v) is 5.43. The Balaban J connectivity index is 2.10. The topological polar surface area (TPSA) is 61.4 Å². The second-order valence-electron chi connectivity index (χ2n) is 3.10. The quantitative estimate of drug-likeness (QED) is 0.298. The molecule has 0 spiro atoms. The van der Waals surface area contributed by atoms with Crippen LogP contribution in [0.15, 0.2) is 23.4 Å². The minimum absolute atomic E-state index is 0.513. The monoisotopic (exact) mass is 240 g/mol. The van der Waals surface area contributed by atoms with Gasteiger partial charge in [0.15, 0.2) is 5.11 Å². The van der Waals surface area contributed by atoms with E-state index < -0.39 is 0 Å². The van der Waals surface area contributed by atoms with Gasteiger partial charge in [0, 0.05) is 26.5 Å². The number of methoxy groups -OCH3 is 1. The van der Waals surface area contributed by atoms with E-state index >= 15 is 0 Å². The lowest BCUT2D eigenvalue weighted by Gasteiger charge is -2.05. The van der Waals surface area contributed by atoms with Gasteiger partial charge in [-0.2, -0.15) is 5.10 Å². The van der Waals surface area contributed by atoms with Crippen LogP contribution in [0.4, 0.5) is 0 Å². The Kier molecular flexibility index (Phi) is 6.20. The first kappa shape index (κ1) is 12.7. The van der Waals surface area contributed by atoms with Crippen molar-refractivity contribution < 1.29 is 4.74 Å². The molecule has 0 radical (unpaired) electrons. The molecule has 5 nitrogen and oxygen atoms in total. The highest BCUT2D eigenvalue weighted by molar-refractivity contribution is 7.80. The molecular weight excluding hydrogens is 224 g/mol. The van der Waals surface area contributed by atoms with Gasteiger partial charge in [0.05, 0.1) is 11.9 Å². The zero-order valence-corrected chi connectivity index (χ0v) is 10.0. The summed E-state index contributed by atoms with van der Waals surface area (Å²) in [6.07, 6.45) is 4.42. The summed E-state index contributed by atoms with van der Waals surface area (Å²) in [5, 5.41) is 7.50. The van der Waals surface area contributed by atoms with Gasteiger partial charge in [-0.05, 0) is 30.8 Å². The van der Waals surface area contributed by atoms with Crippen LogP contribution in [-0.4, -0.2) is 36.6 Å². The van der Waals surface area contributed by atoms with Crippen molar-refractivity contribution in [1.82, 2.24) is 15.7 Å². The second-order valence-corrected chi connectivity index (χ2v) is 3.51. The molecule has 3 N–H and O–H groups in total. The maximum Gasteiger partial charge on any atom is 0.186 e. The van der Waals surface area contributed by atoms with Crippen molar-refractivity contribution >= 4 is 23.5 Å². The van der Waals surface area contributed by atoms with Crippen molar-refractivity contribution in [2.75, 3.05) is 20.3 Å². The number of nitrogens with zero attached hydrogens (tertiary/aromatic N) is 1. The van der Waals surface area contributed by atoms with Gasteiger partial charge in [0.2, 0.25) is 0 Å². The molecule has 0 saturated heterocycles. The van der Waals surface area contributed by atoms with Gasteiger partial charge in [-0.3, -0.25) is 5.43 Å². The van der Waals surface area contributed by atoms with Gasteiger partial charge < -0.3 is 15.0 Å². The summed E-state index contributed by atoms with van der Waals surface area (Å²) in [7, 11) is 1.68. The third-order valence-electron chi connectivity index (χ3n) is 1.80. The van der Waals surface area contributed by atoms with Gasteiger partial charge in [-0.25, -0.2) is 0 Å². The fourth-order valence-electron chi connectivity index (χ4n) is 1.04. The molecule has 1 rings (SSSR count). The van der Waals surface area contributed by atoms with Crippen LogP contribution < -0.4 is 10.7 Å². The number of hydrazone groups is 1. The molecule has 88 valence electrons. The average molecular weight is 240 g/mol. The minimum Gasteiger partial charge on any atom is -0.385 e. The summed E-state index contributed by atoms with van der Waals surface area (Å²) in [6.45, 7) is 1.50. The van der Waals surface area contributed by atoms with Crippen LogP contribution in [0, 0.1) is 0 Å². The molecular formula is C10H16N4OS. The third kappa shape index (κ3) is 5.47. The zero-order chi connectivity index (χ0) is 11.6. The maximum absolute atomic E-state index is 5.01. The fourth-order valence-corrected chi connectivity index (χ4v) is 1.20. The van der Waals surface area contributed by atoms with E-state index in [1.54, 1.807) is 13.3 Å². The molecule has 16 heavy (non-hydrogen) atoms. The smallest absolute Gasteiger partial charge is 0.186 e. The van der Waals surface area contributed by atoms with Crippen molar-refractivity contribution in [1.29, 1.82) is 0 Å². The van der Waals surface area contributed by atoms with Crippen molar-refractivity contribution in [3.63, 3.8) is 0 Å². The SMILES string of the molecule is COCCCNC(=S)N/N=C\c1ccc[nH]1. The van der Waals surface area contributed by atoms with E-state index in [0.29, 0.717) is 5.11 Å². The van der Waals surface area contributed by atoms with Gasteiger partial charge in [0.1, 0.15) is 0 Å². The zero-order valence-electron chi connectivity index (χ0n) is 9.19. The largest absolute Gasteiger partial charge is 0.385 e. The minimum atomic E-state index is 0.513. The Hall–Kier alpha value is -1.40. The first-order valence-electron chi connectivity index (χ1n) is 5.02. The molecule has 0 bridgehead atoms. The molecule has 0 amide bonds. The molecule has 0 aliphatic rings. The maximum atomic E-state index is 5.01. The number of thiocarbonyl (C=S) groups is 1. The lowest BCUT2D eigenvalue weighted by molar-refractivity contribution is 0.195. The van der Waals surface area contributed by atoms with Crippen molar-refractivity contribution in [2.24, 2.45) is 5.10 Å². The number of aromatic amines is 1. The lowest BCUT2D eigenvalue weighted by atomic mass is 10.4. The summed E-state index contributed by atoms with van der Waals surface area (Å²) in [4.78, 5) is 3.00. The number of hydrogen-bond donors (Lipinski definition) is 3. The highest BCUT2D eigenvalue weighted by Crippen LogP contribution is 1.87. The average Bonchev–Trinajstić information content (AvgIpc) is 2.77. The Labute approximate surface area is 100 Å². The van der Waals surface area contributed by atoms with Gasteiger partial charge >= 0.3 is 0 Å². The molecule has 0 aromatic carbocycles. The van der Waals surface area contributed by atoms with E-state index in [0.717, 1.165) is 25.3 Å². The standard InChI is InChI=1S/C10H16N4OS/c1-15-7-3-6-12-10(16)14-13-8-9-4-2-5-11-9/h2,4-5,8,11H,3,6-7H2,1H3,(H2,12,14,16)/b13-8-. The number of H-pyrrole nitrogens is 1. The van der Waals surface area contributed by atoms with E-state index in [2.05, 4.69) is 20.8 Å². The van der Waals surface area contributed by atoms with Crippen molar-refractivity contribution in [2.45, 2.75) is 6.42 Å². The van der Waals surface area contributed by atoms with E-state index in [1.807, 2.05) is 18.3 Å². The number of ether oxygens (including phenoxy) is 1. The molecule has 0 aliphatic heterocycles. The van der Waals surface area contributed by atoms with Crippen LogP contribution >= 0.6 is 12.2 Å². The highest BCUT2D eigenvalue weighted by Gasteiger charge is 1.92. The van der Waals surface area contributed by atoms with Crippen LogP contribution in [0.5, 0.6) is 0 Å². The van der Waals surface area contributed by atoms with Crippen molar-refractivity contribution in [3.05, 3.63) is 24.0 Å². The first-order chi connectivity index (χ1) is 7.83. The predicted octanol–water partition coefficient (Wildman–Crippen LogP) is 0.849. The Morgan fingerprint density at radius 2 is 2.56 bits per heavy atom. The lowest BCUT2D eigenvalue weighted by Crippen LogP contribution is -2.33. The third-order valence-corrected chi connectivity index (χ3v) is 2.04. The van der Waals surface area contributed by atoms with E-state index in [-0.39, 0.29) is 0 Å². The second kappa shape index (κ2) is 7.84. The molecule has 1 aromatic heterocycles. The number of hydrogen-bond acceptors (Lipinski definition) is 3. The molecule has 0 atom stereocenters. The van der Waals surface area contributed by atoms with Crippen LogP contribution in [0.1, 0.15) is 12.1 Å². The van der Waals surface area contributed by atoms with E-state index in [4.69, 9.17) is 17.0 Å². The van der Waals surface area contributed by atoms with E-state index in [9.17, 15) is 0 Å². The molecule has 0 unspecified atom stereocenters. The molecule has 0 fully saturated rings. The van der Waals surface area contributed by atoms with Gasteiger partial charge in [-0.1, -0.05) is 0 Å².